The van der Waals surface area contributed by atoms with Crippen molar-refractivity contribution in [3.05, 3.63) is 29.3 Å². The largest absolute Gasteiger partial charge is 0.326 e. The van der Waals surface area contributed by atoms with Crippen molar-refractivity contribution in [3.8, 4) is 0 Å². The molecule has 1 heterocycles. The highest BCUT2D eigenvalue weighted by Crippen LogP contribution is 2.27. The lowest BCUT2D eigenvalue weighted by atomic mass is 9.94. The zero-order valence-corrected chi connectivity index (χ0v) is 13.8. The fourth-order valence-corrected chi connectivity index (χ4v) is 4.61. The molecule has 0 spiro atoms. The van der Waals surface area contributed by atoms with E-state index in [0.717, 1.165) is 24.0 Å². The fourth-order valence-electron chi connectivity index (χ4n) is 3.05. The molecule has 0 bridgehead atoms. The SMILES string of the molecule is CCCC1CCN(S(=O)(=O)c2ccc(CN)c(C)c2)CC1. The maximum atomic E-state index is 12.7. The number of hydrogen-bond donors (Lipinski definition) is 1. The third-order valence-corrected chi connectivity index (χ3v) is 6.34. The van der Waals surface area contributed by atoms with Crippen LogP contribution in [0.5, 0.6) is 0 Å². The fraction of sp³-hybridized carbons (Fsp3) is 0.625. The Bertz CT molecular complexity index is 576. The molecule has 1 fully saturated rings. The lowest BCUT2D eigenvalue weighted by Crippen LogP contribution is -2.38. The number of nitrogens with zero attached hydrogens (tertiary/aromatic N) is 1. The molecule has 1 aromatic rings. The highest BCUT2D eigenvalue weighted by molar-refractivity contribution is 7.89. The van der Waals surface area contributed by atoms with Crippen molar-refractivity contribution in [1.82, 2.24) is 4.31 Å². The van der Waals surface area contributed by atoms with Crippen LogP contribution in [0.4, 0.5) is 0 Å². The van der Waals surface area contributed by atoms with Crippen molar-refractivity contribution in [2.45, 2.75) is 51.0 Å². The summed E-state index contributed by atoms with van der Waals surface area (Å²) in [6.45, 7) is 5.82. The molecule has 4 nitrogen and oxygen atoms in total. The Balaban J connectivity index is 2.14. The van der Waals surface area contributed by atoms with Crippen LogP contribution in [0, 0.1) is 12.8 Å². The third kappa shape index (κ3) is 3.65. The van der Waals surface area contributed by atoms with E-state index in [1.807, 2.05) is 13.0 Å². The second-order valence-electron chi connectivity index (χ2n) is 5.93. The van der Waals surface area contributed by atoms with Crippen LogP contribution >= 0.6 is 0 Å². The number of nitrogens with two attached hydrogens (primary N) is 1. The van der Waals surface area contributed by atoms with Gasteiger partial charge in [0.2, 0.25) is 10.0 Å². The molecule has 0 aromatic heterocycles. The summed E-state index contributed by atoms with van der Waals surface area (Å²) in [6, 6.07) is 5.25. The van der Waals surface area contributed by atoms with Gasteiger partial charge in [0.1, 0.15) is 0 Å². The van der Waals surface area contributed by atoms with E-state index in [9.17, 15) is 8.42 Å². The zero-order valence-electron chi connectivity index (χ0n) is 13.0. The van der Waals surface area contributed by atoms with E-state index in [-0.39, 0.29) is 0 Å². The normalized spacial score (nSPS) is 18.0. The molecule has 5 heteroatoms. The molecule has 0 amide bonds. The van der Waals surface area contributed by atoms with E-state index in [2.05, 4.69) is 6.92 Å². The lowest BCUT2D eigenvalue weighted by molar-refractivity contribution is 0.262. The molecule has 0 saturated carbocycles. The second-order valence-corrected chi connectivity index (χ2v) is 7.87. The van der Waals surface area contributed by atoms with Gasteiger partial charge in [0, 0.05) is 19.6 Å². The van der Waals surface area contributed by atoms with E-state index in [1.165, 1.54) is 12.8 Å². The molecule has 0 aliphatic carbocycles. The van der Waals surface area contributed by atoms with Crippen molar-refractivity contribution in [3.63, 3.8) is 0 Å². The first kappa shape index (κ1) is 16.5. The molecule has 1 aromatic carbocycles. The van der Waals surface area contributed by atoms with E-state index in [0.29, 0.717) is 30.4 Å². The Morgan fingerprint density at radius 1 is 1.29 bits per heavy atom. The van der Waals surface area contributed by atoms with Gasteiger partial charge in [-0.2, -0.15) is 4.31 Å². The van der Waals surface area contributed by atoms with E-state index < -0.39 is 10.0 Å². The number of hydrogen-bond acceptors (Lipinski definition) is 3. The molecule has 1 saturated heterocycles. The summed E-state index contributed by atoms with van der Waals surface area (Å²) in [6.07, 6.45) is 4.34. The summed E-state index contributed by atoms with van der Waals surface area (Å²) in [5, 5.41) is 0. The van der Waals surface area contributed by atoms with Gasteiger partial charge in [-0.1, -0.05) is 25.8 Å². The molecular formula is C16H26N2O2S. The van der Waals surface area contributed by atoms with E-state index in [4.69, 9.17) is 5.73 Å². The molecule has 0 unspecified atom stereocenters. The maximum Gasteiger partial charge on any atom is 0.243 e. The topological polar surface area (TPSA) is 63.4 Å². The maximum absolute atomic E-state index is 12.7. The molecule has 2 rings (SSSR count). The molecule has 1 aliphatic heterocycles. The van der Waals surface area contributed by atoms with Crippen LogP contribution in [-0.4, -0.2) is 25.8 Å². The van der Waals surface area contributed by atoms with Crippen molar-refractivity contribution in [2.24, 2.45) is 11.7 Å². The average molecular weight is 310 g/mol. The molecule has 1 aliphatic rings. The summed E-state index contributed by atoms with van der Waals surface area (Å²) in [7, 11) is -3.36. The van der Waals surface area contributed by atoms with Crippen LogP contribution in [0.3, 0.4) is 0 Å². The van der Waals surface area contributed by atoms with Crippen molar-refractivity contribution in [1.29, 1.82) is 0 Å². The number of benzene rings is 1. The summed E-state index contributed by atoms with van der Waals surface area (Å²) in [5.41, 5.74) is 7.58. The van der Waals surface area contributed by atoms with Crippen LogP contribution in [0.25, 0.3) is 0 Å². The van der Waals surface area contributed by atoms with Gasteiger partial charge >= 0.3 is 0 Å². The third-order valence-electron chi connectivity index (χ3n) is 4.44. The summed E-state index contributed by atoms with van der Waals surface area (Å²) in [5.74, 6) is 0.683. The first-order valence-electron chi connectivity index (χ1n) is 7.78. The highest BCUT2D eigenvalue weighted by atomic mass is 32.2. The zero-order chi connectivity index (χ0) is 15.5. The smallest absolute Gasteiger partial charge is 0.243 e. The molecule has 0 radical (unpaired) electrons. The van der Waals surface area contributed by atoms with Gasteiger partial charge in [-0.15, -0.1) is 0 Å². The first-order valence-corrected chi connectivity index (χ1v) is 9.22. The Labute approximate surface area is 128 Å². The van der Waals surface area contributed by atoms with Gasteiger partial charge in [0.15, 0.2) is 0 Å². The van der Waals surface area contributed by atoms with Gasteiger partial charge in [0.25, 0.3) is 0 Å². The van der Waals surface area contributed by atoms with Crippen molar-refractivity contribution < 1.29 is 8.42 Å². The van der Waals surface area contributed by atoms with Gasteiger partial charge in [-0.25, -0.2) is 8.42 Å². The van der Waals surface area contributed by atoms with Gasteiger partial charge in [-0.3, -0.25) is 0 Å². The van der Waals surface area contributed by atoms with Crippen molar-refractivity contribution in [2.75, 3.05) is 13.1 Å². The van der Waals surface area contributed by atoms with Gasteiger partial charge < -0.3 is 5.73 Å². The highest BCUT2D eigenvalue weighted by Gasteiger charge is 2.29. The van der Waals surface area contributed by atoms with Gasteiger partial charge in [-0.05, 0) is 48.9 Å². The first-order chi connectivity index (χ1) is 9.98. The quantitative estimate of drug-likeness (QED) is 0.909. The number of piperidine rings is 1. The number of rotatable bonds is 5. The van der Waals surface area contributed by atoms with E-state index in [1.54, 1.807) is 16.4 Å². The monoisotopic (exact) mass is 310 g/mol. The minimum absolute atomic E-state index is 0.395. The number of aryl methyl sites for hydroxylation is 1. The van der Waals surface area contributed by atoms with Crippen molar-refractivity contribution >= 4 is 10.0 Å². The Morgan fingerprint density at radius 3 is 2.48 bits per heavy atom. The Hall–Kier alpha value is -0.910. The number of sulfonamides is 1. The molecular weight excluding hydrogens is 284 g/mol. The molecule has 21 heavy (non-hydrogen) atoms. The summed E-state index contributed by atoms with van der Waals surface area (Å²) in [4.78, 5) is 0.395. The average Bonchev–Trinajstić information content (AvgIpc) is 2.48. The Kier molecular flexibility index (Phi) is 5.41. The van der Waals surface area contributed by atoms with Crippen LogP contribution in [0.15, 0.2) is 23.1 Å². The molecule has 2 N–H and O–H groups in total. The summed E-state index contributed by atoms with van der Waals surface area (Å²) < 4.78 is 27.0. The molecule has 118 valence electrons. The minimum Gasteiger partial charge on any atom is -0.326 e. The predicted octanol–water partition coefficient (Wildman–Crippen LogP) is 2.65. The summed E-state index contributed by atoms with van der Waals surface area (Å²) >= 11 is 0. The van der Waals surface area contributed by atoms with Crippen LogP contribution in [0.2, 0.25) is 0 Å². The minimum atomic E-state index is -3.36. The standard InChI is InChI=1S/C16H26N2O2S/c1-3-4-14-7-9-18(10-8-14)21(19,20)16-6-5-15(12-17)13(2)11-16/h5-6,11,14H,3-4,7-10,12,17H2,1-2H3. The lowest BCUT2D eigenvalue weighted by Gasteiger charge is -2.31. The Morgan fingerprint density at radius 2 is 1.95 bits per heavy atom. The van der Waals surface area contributed by atoms with E-state index >= 15 is 0 Å². The van der Waals surface area contributed by atoms with Crippen LogP contribution < -0.4 is 5.73 Å². The van der Waals surface area contributed by atoms with Crippen LogP contribution in [-0.2, 0) is 16.6 Å². The van der Waals surface area contributed by atoms with Crippen LogP contribution in [0.1, 0.15) is 43.7 Å². The van der Waals surface area contributed by atoms with Gasteiger partial charge in [0.05, 0.1) is 4.90 Å². The molecule has 0 atom stereocenters. The second kappa shape index (κ2) is 6.90. The predicted molar refractivity (Wildman–Crippen MR) is 85.5 cm³/mol.